The summed E-state index contributed by atoms with van der Waals surface area (Å²) in [4.78, 5) is 16.1. The van der Waals surface area contributed by atoms with Crippen molar-refractivity contribution in [2.24, 2.45) is 5.92 Å². The molecule has 1 rings (SSSR count). The Morgan fingerprint density at radius 3 is 2.61 bits per heavy atom. The molecule has 0 bridgehead atoms. The average molecular weight is 334 g/mol. The van der Waals surface area contributed by atoms with E-state index in [-0.39, 0.29) is 5.91 Å². The van der Waals surface area contributed by atoms with Gasteiger partial charge < -0.3 is 5.32 Å². The smallest absolute Gasteiger partial charge is 0.269 e. The standard InChI is InChI=1S/C13H18BrClN2O/c1-3-9(4-2)11(14)8-17-13(18)12-6-5-10(15)7-16-12/h5-7,9,11H,3-4,8H2,1-2H3,(H,17,18). The first-order valence-corrected chi connectivity index (χ1v) is 7.41. The minimum atomic E-state index is -0.165. The first-order valence-electron chi connectivity index (χ1n) is 6.12. The molecule has 0 spiro atoms. The van der Waals surface area contributed by atoms with Gasteiger partial charge >= 0.3 is 0 Å². The van der Waals surface area contributed by atoms with Crippen LogP contribution in [0.4, 0.5) is 0 Å². The highest BCUT2D eigenvalue weighted by molar-refractivity contribution is 9.09. The van der Waals surface area contributed by atoms with Crippen LogP contribution in [0.5, 0.6) is 0 Å². The summed E-state index contributed by atoms with van der Waals surface area (Å²) >= 11 is 9.34. The lowest BCUT2D eigenvalue weighted by atomic mass is 9.99. The highest BCUT2D eigenvalue weighted by Gasteiger charge is 2.16. The Morgan fingerprint density at radius 2 is 2.11 bits per heavy atom. The van der Waals surface area contributed by atoms with Crippen LogP contribution >= 0.6 is 27.5 Å². The zero-order chi connectivity index (χ0) is 13.5. The van der Waals surface area contributed by atoms with Gasteiger partial charge in [-0.25, -0.2) is 4.98 Å². The summed E-state index contributed by atoms with van der Waals surface area (Å²) in [5, 5.41) is 3.41. The summed E-state index contributed by atoms with van der Waals surface area (Å²) in [6.07, 6.45) is 3.67. The van der Waals surface area contributed by atoms with E-state index < -0.39 is 0 Å². The van der Waals surface area contributed by atoms with Crippen LogP contribution in [0, 0.1) is 5.92 Å². The predicted molar refractivity (Wildman–Crippen MR) is 78.4 cm³/mol. The van der Waals surface area contributed by atoms with Gasteiger partial charge in [0.15, 0.2) is 0 Å². The van der Waals surface area contributed by atoms with Gasteiger partial charge in [0.1, 0.15) is 5.69 Å². The zero-order valence-electron chi connectivity index (χ0n) is 10.6. The van der Waals surface area contributed by atoms with Crippen LogP contribution < -0.4 is 5.32 Å². The number of carbonyl (C=O) groups excluding carboxylic acids is 1. The summed E-state index contributed by atoms with van der Waals surface area (Å²) in [6.45, 7) is 4.92. The largest absolute Gasteiger partial charge is 0.350 e. The molecule has 5 heteroatoms. The third kappa shape index (κ3) is 4.58. The van der Waals surface area contributed by atoms with Crippen molar-refractivity contribution in [1.82, 2.24) is 10.3 Å². The van der Waals surface area contributed by atoms with E-state index in [1.165, 1.54) is 6.20 Å². The van der Waals surface area contributed by atoms with E-state index in [0.29, 0.717) is 28.0 Å². The van der Waals surface area contributed by atoms with E-state index in [9.17, 15) is 4.79 Å². The lowest BCUT2D eigenvalue weighted by molar-refractivity contribution is 0.0947. The maximum atomic E-state index is 11.8. The molecule has 100 valence electrons. The number of rotatable bonds is 6. The van der Waals surface area contributed by atoms with Crippen LogP contribution in [0.2, 0.25) is 5.02 Å². The molecule has 0 fully saturated rings. The van der Waals surface area contributed by atoms with E-state index in [1.54, 1.807) is 12.1 Å². The van der Waals surface area contributed by atoms with Crippen LogP contribution in [0.3, 0.4) is 0 Å². The quantitative estimate of drug-likeness (QED) is 0.807. The Labute approximate surface area is 121 Å². The summed E-state index contributed by atoms with van der Waals surface area (Å²) < 4.78 is 0. The number of amides is 1. The molecule has 18 heavy (non-hydrogen) atoms. The topological polar surface area (TPSA) is 42.0 Å². The van der Waals surface area contributed by atoms with Crippen molar-refractivity contribution < 1.29 is 4.79 Å². The first kappa shape index (κ1) is 15.4. The second kappa shape index (κ2) is 7.74. The number of nitrogens with one attached hydrogen (secondary N) is 1. The van der Waals surface area contributed by atoms with Crippen molar-refractivity contribution in [1.29, 1.82) is 0 Å². The monoisotopic (exact) mass is 332 g/mol. The Kier molecular flexibility index (Phi) is 6.65. The second-order valence-electron chi connectivity index (χ2n) is 4.16. The lowest BCUT2D eigenvalue weighted by Crippen LogP contribution is -2.33. The maximum Gasteiger partial charge on any atom is 0.269 e. The third-order valence-corrected chi connectivity index (χ3v) is 4.27. The molecule has 1 N–H and O–H groups in total. The van der Waals surface area contributed by atoms with E-state index >= 15 is 0 Å². The van der Waals surface area contributed by atoms with Gasteiger partial charge in [-0.15, -0.1) is 0 Å². The summed E-state index contributed by atoms with van der Waals surface area (Å²) in [7, 11) is 0. The van der Waals surface area contributed by atoms with Gasteiger partial charge in [-0.3, -0.25) is 4.79 Å². The SMILES string of the molecule is CCC(CC)C(Br)CNC(=O)c1ccc(Cl)cn1. The summed E-state index contributed by atoms with van der Waals surface area (Å²) in [6, 6.07) is 3.29. The fourth-order valence-electron chi connectivity index (χ4n) is 1.76. The number of pyridine rings is 1. The minimum Gasteiger partial charge on any atom is -0.350 e. The van der Waals surface area contributed by atoms with Crippen LogP contribution in [-0.2, 0) is 0 Å². The normalized spacial score (nSPS) is 12.5. The van der Waals surface area contributed by atoms with Gasteiger partial charge in [-0.2, -0.15) is 0 Å². The van der Waals surface area contributed by atoms with E-state index in [4.69, 9.17) is 11.6 Å². The van der Waals surface area contributed by atoms with Crippen LogP contribution in [0.1, 0.15) is 37.2 Å². The zero-order valence-corrected chi connectivity index (χ0v) is 13.0. The van der Waals surface area contributed by atoms with Gasteiger partial charge in [-0.05, 0) is 18.1 Å². The summed E-state index contributed by atoms with van der Waals surface area (Å²) in [5.74, 6) is 0.408. The average Bonchev–Trinajstić information content (AvgIpc) is 2.38. The molecular formula is C13H18BrClN2O. The van der Waals surface area contributed by atoms with Crippen LogP contribution in [0.25, 0.3) is 0 Å². The number of hydrogen-bond acceptors (Lipinski definition) is 2. The second-order valence-corrected chi connectivity index (χ2v) is 5.78. The van der Waals surface area contributed by atoms with Gasteiger partial charge in [-0.1, -0.05) is 54.2 Å². The Hall–Kier alpha value is -0.610. The van der Waals surface area contributed by atoms with E-state index in [1.807, 2.05) is 0 Å². The van der Waals surface area contributed by atoms with Crippen molar-refractivity contribution in [2.75, 3.05) is 6.54 Å². The molecule has 1 aromatic heterocycles. The number of halogens is 2. The summed E-state index contributed by atoms with van der Waals surface area (Å²) in [5.41, 5.74) is 0.392. The maximum absolute atomic E-state index is 11.8. The molecule has 3 nitrogen and oxygen atoms in total. The molecule has 0 saturated heterocycles. The van der Waals surface area contributed by atoms with Crippen molar-refractivity contribution in [3.63, 3.8) is 0 Å². The molecular weight excluding hydrogens is 316 g/mol. The molecule has 0 aliphatic heterocycles. The molecule has 0 radical (unpaired) electrons. The Balaban J connectivity index is 2.48. The Morgan fingerprint density at radius 1 is 1.44 bits per heavy atom. The molecule has 0 saturated carbocycles. The van der Waals surface area contributed by atoms with Crippen molar-refractivity contribution in [2.45, 2.75) is 31.5 Å². The van der Waals surface area contributed by atoms with E-state index in [0.717, 1.165) is 12.8 Å². The highest BCUT2D eigenvalue weighted by atomic mass is 79.9. The fourth-order valence-corrected chi connectivity index (χ4v) is 2.78. The van der Waals surface area contributed by atoms with Gasteiger partial charge in [0.2, 0.25) is 0 Å². The van der Waals surface area contributed by atoms with Crippen LogP contribution in [-0.4, -0.2) is 22.3 Å². The molecule has 1 amide bonds. The predicted octanol–water partition coefficient (Wildman–Crippen LogP) is 3.66. The Bertz CT molecular complexity index is 379. The molecule has 0 aliphatic carbocycles. The molecule has 0 aliphatic rings. The highest BCUT2D eigenvalue weighted by Crippen LogP contribution is 2.19. The molecule has 0 aromatic carbocycles. The number of carbonyl (C=O) groups is 1. The lowest BCUT2D eigenvalue weighted by Gasteiger charge is -2.19. The van der Waals surface area contributed by atoms with Gasteiger partial charge in [0, 0.05) is 17.6 Å². The number of nitrogens with zero attached hydrogens (tertiary/aromatic N) is 1. The minimum absolute atomic E-state index is 0.165. The van der Waals surface area contributed by atoms with Crippen LogP contribution in [0.15, 0.2) is 18.3 Å². The number of aromatic nitrogens is 1. The number of hydrogen-bond donors (Lipinski definition) is 1. The van der Waals surface area contributed by atoms with Gasteiger partial charge in [0.25, 0.3) is 5.91 Å². The fraction of sp³-hybridized carbons (Fsp3) is 0.538. The van der Waals surface area contributed by atoms with Gasteiger partial charge in [0.05, 0.1) is 5.02 Å². The third-order valence-electron chi connectivity index (χ3n) is 2.98. The van der Waals surface area contributed by atoms with E-state index in [2.05, 4.69) is 40.1 Å². The van der Waals surface area contributed by atoms with Crippen molar-refractivity contribution in [3.8, 4) is 0 Å². The molecule has 1 aromatic rings. The molecule has 1 heterocycles. The molecule has 1 unspecified atom stereocenters. The number of alkyl halides is 1. The molecule has 1 atom stereocenters. The first-order chi connectivity index (χ1) is 8.58. The van der Waals surface area contributed by atoms with Crippen molar-refractivity contribution in [3.05, 3.63) is 29.0 Å². The van der Waals surface area contributed by atoms with Crippen molar-refractivity contribution >= 4 is 33.4 Å².